The van der Waals surface area contributed by atoms with Crippen molar-refractivity contribution in [3.63, 3.8) is 0 Å². The summed E-state index contributed by atoms with van der Waals surface area (Å²) in [6.45, 7) is 3.87. The number of nitrogens with one attached hydrogen (secondary N) is 1. The number of nitrogen functional groups attached to an aromatic ring is 1. The molecule has 0 radical (unpaired) electrons. The molecular formula is C21H23FN6. The second kappa shape index (κ2) is 8.12. The zero-order valence-electron chi connectivity index (χ0n) is 15.6. The Morgan fingerprint density at radius 1 is 0.893 bits per heavy atom. The molecule has 0 saturated carbocycles. The first-order chi connectivity index (χ1) is 13.7. The van der Waals surface area contributed by atoms with Crippen molar-refractivity contribution in [2.45, 2.75) is 6.54 Å². The van der Waals surface area contributed by atoms with Crippen LogP contribution in [-0.2, 0) is 6.54 Å². The number of hydrogen-bond donors (Lipinski definition) is 2. The summed E-state index contributed by atoms with van der Waals surface area (Å²) >= 11 is 0. The SMILES string of the molecule is Nc1c(NCc2ccccc2)ncnc1N1CCN(c2ccc(F)cc2)CC1. The Bertz CT molecular complexity index is 908. The summed E-state index contributed by atoms with van der Waals surface area (Å²) in [6.07, 6.45) is 1.55. The van der Waals surface area contributed by atoms with Crippen molar-refractivity contribution in [2.24, 2.45) is 0 Å². The number of benzene rings is 2. The molecule has 0 spiro atoms. The maximum absolute atomic E-state index is 13.1. The average molecular weight is 378 g/mol. The molecule has 0 atom stereocenters. The lowest BCUT2D eigenvalue weighted by Crippen LogP contribution is -2.47. The highest BCUT2D eigenvalue weighted by Gasteiger charge is 2.21. The van der Waals surface area contributed by atoms with E-state index in [2.05, 4.69) is 37.2 Å². The maximum Gasteiger partial charge on any atom is 0.157 e. The van der Waals surface area contributed by atoms with Gasteiger partial charge in [0.1, 0.15) is 17.8 Å². The Hall–Kier alpha value is -3.35. The first-order valence-corrected chi connectivity index (χ1v) is 9.34. The fourth-order valence-corrected chi connectivity index (χ4v) is 3.39. The fourth-order valence-electron chi connectivity index (χ4n) is 3.39. The summed E-state index contributed by atoms with van der Waals surface area (Å²) in [5.41, 5.74) is 9.11. The van der Waals surface area contributed by atoms with Gasteiger partial charge in [-0.05, 0) is 29.8 Å². The van der Waals surface area contributed by atoms with E-state index >= 15 is 0 Å². The monoisotopic (exact) mass is 378 g/mol. The molecule has 3 aromatic rings. The van der Waals surface area contributed by atoms with Crippen LogP contribution < -0.4 is 20.9 Å². The first kappa shape index (κ1) is 18.0. The molecular weight excluding hydrogens is 355 g/mol. The lowest BCUT2D eigenvalue weighted by atomic mass is 10.2. The highest BCUT2D eigenvalue weighted by Crippen LogP contribution is 2.28. The van der Waals surface area contributed by atoms with Crippen LogP contribution in [0.2, 0.25) is 0 Å². The summed E-state index contributed by atoms with van der Waals surface area (Å²) in [6, 6.07) is 16.7. The quantitative estimate of drug-likeness (QED) is 0.711. The van der Waals surface area contributed by atoms with Crippen LogP contribution in [0.25, 0.3) is 0 Å². The number of aromatic nitrogens is 2. The molecule has 7 heteroatoms. The maximum atomic E-state index is 13.1. The summed E-state index contributed by atoms with van der Waals surface area (Å²) < 4.78 is 13.1. The van der Waals surface area contributed by atoms with E-state index in [-0.39, 0.29) is 5.82 Å². The molecule has 0 bridgehead atoms. The number of piperazine rings is 1. The van der Waals surface area contributed by atoms with Crippen molar-refractivity contribution in [2.75, 3.05) is 47.0 Å². The molecule has 1 aliphatic rings. The van der Waals surface area contributed by atoms with E-state index in [1.807, 2.05) is 30.3 Å². The number of halogens is 1. The molecule has 28 heavy (non-hydrogen) atoms. The summed E-state index contributed by atoms with van der Waals surface area (Å²) in [5, 5.41) is 3.30. The van der Waals surface area contributed by atoms with Crippen LogP contribution in [0.5, 0.6) is 0 Å². The van der Waals surface area contributed by atoms with E-state index in [1.165, 1.54) is 12.1 Å². The minimum absolute atomic E-state index is 0.216. The van der Waals surface area contributed by atoms with Gasteiger partial charge >= 0.3 is 0 Å². The molecule has 1 fully saturated rings. The van der Waals surface area contributed by atoms with Gasteiger partial charge in [0, 0.05) is 38.4 Å². The van der Waals surface area contributed by atoms with Crippen molar-refractivity contribution < 1.29 is 4.39 Å². The molecule has 3 N–H and O–H groups in total. The van der Waals surface area contributed by atoms with Crippen molar-refractivity contribution in [3.8, 4) is 0 Å². The van der Waals surface area contributed by atoms with E-state index in [0.717, 1.165) is 43.2 Å². The van der Waals surface area contributed by atoms with Gasteiger partial charge in [0.15, 0.2) is 11.6 Å². The molecule has 1 aromatic heterocycles. The smallest absolute Gasteiger partial charge is 0.157 e. The average Bonchev–Trinajstić information content (AvgIpc) is 2.75. The zero-order valence-corrected chi connectivity index (χ0v) is 15.6. The van der Waals surface area contributed by atoms with Gasteiger partial charge in [0.05, 0.1) is 0 Å². The lowest BCUT2D eigenvalue weighted by molar-refractivity contribution is 0.624. The minimum Gasteiger partial charge on any atom is -0.393 e. The molecule has 1 aliphatic heterocycles. The highest BCUT2D eigenvalue weighted by molar-refractivity contribution is 5.75. The predicted molar refractivity (Wildman–Crippen MR) is 111 cm³/mol. The van der Waals surface area contributed by atoms with Crippen LogP contribution in [-0.4, -0.2) is 36.1 Å². The van der Waals surface area contributed by atoms with Crippen LogP contribution in [0, 0.1) is 5.82 Å². The molecule has 1 saturated heterocycles. The topological polar surface area (TPSA) is 70.3 Å². The summed E-state index contributed by atoms with van der Waals surface area (Å²) in [5.74, 6) is 1.19. The number of hydrogen-bond acceptors (Lipinski definition) is 6. The van der Waals surface area contributed by atoms with Gasteiger partial charge in [-0.25, -0.2) is 14.4 Å². The first-order valence-electron chi connectivity index (χ1n) is 9.34. The van der Waals surface area contributed by atoms with Crippen LogP contribution in [0.1, 0.15) is 5.56 Å². The second-order valence-electron chi connectivity index (χ2n) is 6.75. The molecule has 0 aliphatic carbocycles. The summed E-state index contributed by atoms with van der Waals surface area (Å²) in [7, 11) is 0. The molecule has 2 aromatic carbocycles. The van der Waals surface area contributed by atoms with Crippen LogP contribution in [0.4, 0.5) is 27.4 Å². The van der Waals surface area contributed by atoms with Crippen molar-refractivity contribution in [3.05, 3.63) is 72.3 Å². The van der Waals surface area contributed by atoms with E-state index < -0.39 is 0 Å². The van der Waals surface area contributed by atoms with E-state index in [9.17, 15) is 4.39 Å². The molecule has 6 nitrogen and oxygen atoms in total. The Labute approximate surface area is 163 Å². The van der Waals surface area contributed by atoms with E-state index in [4.69, 9.17) is 5.73 Å². The van der Waals surface area contributed by atoms with Crippen LogP contribution in [0.15, 0.2) is 60.9 Å². The normalized spacial score (nSPS) is 14.2. The molecule has 0 unspecified atom stereocenters. The third-order valence-corrected chi connectivity index (χ3v) is 4.94. The number of nitrogens with two attached hydrogens (primary N) is 1. The van der Waals surface area contributed by atoms with E-state index in [1.54, 1.807) is 6.33 Å². The Morgan fingerprint density at radius 2 is 1.57 bits per heavy atom. The molecule has 144 valence electrons. The minimum atomic E-state index is -0.216. The Balaban J connectivity index is 1.41. The largest absolute Gasteiger partial charge is 0.393 e. The fraction of sp³-hybridized carbons (Fsp3) is 0.238. The third-order valence-electron chi connectivity index (χ3n) is 4.94. The molecule has 2 heterocycles. The van der Waals surface area contributed by atoms with Gasteiger partial charge in [-0.3, -0.25) is 0 Å². The van der Waals surface area contributed by atoms with Gasteiger partial charge in [0.25, 0.3) is 0 Å². The van der Waals surface area contributed by atoms with Crippen molar-refractivity contribution in [1.29, 1.82) is 0 Å². The molecule has 0 amide bonds. The number of anilines is 4. The predicted octanol–water partition coefficient (Wildman–Crippen LogP) is 3.14. The van der Waals surface area contributed by atoms with Gasteiger partial charge in [-0.15, -0.1) is 0 Å². The van der Waals surface area contributed by atoms with Gasteiger partial charge in [-0.1, -0.05) is 30.3 Å². The Morgan fingerprint density at radius 3 is 2.29 bits per heavy atom. The number of rotatable bonds is 5. The summed E-state index contributed by atoms with van der Waals surface area (Å²) in [4.78, 5) is 13.1. The van der Waals surface area contributed by atoms with Gasteiger partial charge in [-0.2, -0.15) is 0 Å². The van der Waals surface area contributed by atoms with Crippen LogP contribution >= 0.6 is 0 Å². The Kier molecular flexibility index (Phi) is 5.23. The third kappa shape index (κ3) is 3.98. The highest BCUT2D eigenvalue weighted by atomic mass is 19.1. The van der Waals surface area contributed by atoms with E-state index in [0.29, 0.717) is 18.1 Å². The van der Waals surface area contributed by atoms with Crippen molar-refractivity contribution in [1.82, 2.24) is 9.97 Å². The van der Waals surface area contributed by atoms with Crippen LogP contribution in [0.3, 0.4) is 0 Å². The standard InChI is InChI=1S/C21H23FN6/c22-17-6-8-18(9-7-17)27-10-12-28(13-11-27)21-19(23)20(25-15-26-21)24-14-16-4-2-1-3-5-16/h1-9,15H,10-14,23H2,(H,24,25,26). The molecule has 4 rings (SSSR count). The number of nitrogens with zero attached hydrogens (tertiary/aromatic N) is 4. The second-order valence-corrected chi connectivity index (χ2v) is 6.75. The zero-order chi connectivity index (χ0) is 19.3. The van der Waals surface area contributed by atoms with Gasteiger partial charge < -0.3 is 20.9 Å². The van der Waals surface area contributed by atoms with Gasteiger partial charge in [0.2, 0.25) is 0 Å². The lowest BCUT2D eigenvalue weighted by Gasteiger charge is -2.37. The van der Waals surface area contributed by atoms with Crippen molar-refractivity contribution >= 4 is 23.0 Å².